The molecule has 0 aromatic heterocycles. The van der Waals surface area contributed by atoms with Crippen LogP contribution in [0.1, 0.15) is 33.1 Å². The van der Waals surface area contributed by atoms with Crippen LogP contribution in [0.25, 0.3) is 0 Å². The van der Waals surface area contributed by atoms with Crippen molar-refractivity contribution in [1.82, 2.24) is 4.90 Å². The standard InChI is InChI=1S/C9H14N2.C2H6/c1-11-6-8-2-7(5-10)3-9(11)4-8;1-2/h7-9H,2-4,6H2,1H3;1-2H3/t7-,8+,9-;/m0./s1. The molecular weight excluding hydrogens is 160 g/mol. The van der Waals surface area contributed by atoms with Crippen molar-refractivity contribution >= 4 is 0 Å². The van der Waals surface area contributed by atoms with Gasteiger partial charge in [0, 0.05) is 18.5 Å². The molecule has 0 aromatic carbocycles. The van der Waals surface area contributed by atoms with E-state index in [0.29, 0.717) is 5.92 Å². The lowest BCUT2D eigenvalue weighted by Crippen LogP contribution is -2.26. The fourth-order valence-corrected chi connectivity index (χ4v) is 2.57. The fourth-order valence-electron chi connectivity index (χ4n) is 2.57. The van der Waals surface area contributed by atoms with E-state index in [1.807, 2.05) is 13.8 Å². The van der Waals surface area contributed by atoms with E-state index in [-0.39, 0.29) is 0 Å². The lowest BCUT2D eigenvalue weighted by molar-refractivity contribution is 0.274. The SMILES string of the molecule is CC.CN1C[C@@H]2C[C@H](C#N)C[C@H]1C2. The second-order valence-corrected chi connectivity index (χ2v) is 3.99. The minimum atomic E-state index is 0.351. The number of hydrogen-bond acceptors (Lipinski definition) is 2. The minimum Gasteiger partial charge on any atom is -0.303 e. The first-order valence-corrected chi connectivity index (χ1v) is 5.39. The van der Waals surface area contributed by atoms with E-state index in [0.717, 1.165) is 24.8 Å². The topological polar surface area (TPSA) is 27.0 Å². The monoisotopic (exact) mass is 180 g/mol. The van der Waals surface area contributed by atoms with Crippen molar-refractivity contribution in [2.45, 2.75) is 39.2 Å². The highest BCUT2D eigenvalue weighted by atomic mass is 15.2. The molecule has 0 spiro atoms. The summed E-state index contributed by atoms with van der Waals surface area (Å²) < 4.78 is 0. The molecule has 0 aromatic rings. The Kier molecular flexibility index (Phi) is 3.74. The van der Waals surface area contributed by atoms with Gasteiger partial charge in [0.2, 0.25) is 0 Å². The summed E-state index contributed by atoms with van der Waals surface area (Å²) >= 11 is 0. The molecule has 1 heterocycles. The van der Waals surface area contributed by atoms with Gasteiger partial charge in [-0.1, -0.05) is 13.8 Å². The molecular formula is C11H20N2. The highest BCUT2D eigenvalue weighted by molar-refractivity contribution is 4.98. The van der Waals surface area contributed by atoms with E-state index in [4.69, 9.17) is 5.26 Å². The Hall–Kier alpha value is -0.550. The molecule has 2 nitrogen and oxygen atoms in total. The lowest BCUT2D eigenvalue weighted by atomic mass is 9.83. The van der Waals surface area contributed by atoms with Gasteiger partial charge in [0.25, 0.3) is 0 Å². The normalized spacial score (nSPS) is 37.5. The molecule has 2 heteroatoms. The zero-order valence-corrected chi connectivity index (χ0v) is 8.95. The Morgan fingerprint density at radius 3 is 2.46 bits per heavy atom. The van der Waals surface area contributed by atoms with Gasteiger partial charge in [-0.25, -0.2) is 0 Å². The molecule has 2 aliphatic rings. The molecule has 1 saturated carbocycles. The maximum absolute atomic E-state index is 8.77. The van der Waals surface area contributed by atoms with Crippen molar-refractivity contribution in [3.63, 3.8) is 0 Å². The van der Waals surface area contributed by atoms with E-state index in [1.54, 1.807) is 0 Å². The molecule has 0 N–H and O–H groups in total. The van der Waals surface area contributed by atoms with Gasteiger partial charge in [0.05, 0.1) is 6.07 Å². The van der Waals surface area contributed by atoms with Crippen molar-refractivity contribution in [3.8, 4) is 6.07 Å². The zero-order valence-electron chi connectivity index (χ0n) is 8.95. The number of hydrogen-bond donors (Lipinski definition) is 0. The Labute approximate surface area is 81.5 Å². The average molecular weight is 180 g/mol. The number of likely N-dealkylation sites (tertiary alicyclic amines) is 1. The largest absolute Gasteiger partial charge is 0.303 e. The smallest absolute Gasteiger partial charge is 0.0656 e. The number of rotatable bonds is 0. The third-order valence-corrected chi connectivity index (χ3v) is 3.13. The van der Waals surface area contributed by atoms with Crippen molar-refractivity contribution < 1.29 is 0 Å². The van der Waals surface area contributed by atoms with E-state index in [2.05, 4.69) is 18.0 Å². The molecule has 0 radical (unpaired) electrons. The molecule has 74 valence electrons. The van der Waals surface area contributed by atoms with Crippen molar-refractivity contribution in [2.75, 3.05) is 13.6 Å². The lowest BCUT2D eigenvalue weighted by Gasteiger charge is -2.23. The Balaban J connectivity index is 0.000000396. The van der Waals surface area contributed by atoms with Crippen LogP contribution in [0.2, 0.25) is 0 Å². The van der Waals surface area contributed by atoms with Gasteiger partial charge in [-0.2, -0.15) is 5.26 Å². The van der Waals surface area contributed by atoms with Gasteiger partial charge < -0.3 is 4.90 Å². The minimum absolute atomic E-state index is 0.351. The Bertz CT molecular complexity index is 193. The van der Waals surface area contributed by atoms with Gasteiger partial charge in [0.15, 0.2) is 0 Å². The number of nitrogens with zero attached hydrogens (tertiary/aromatic N) is 2. The third kappa shape index (κ3) is 2.22. The summed E-state index contributed by atoms with van der Waals surface area (Å²) in [7, 11) is 2.18. The first-order valence-electron chi connectivity index (χ1n) is 5.39. The third-order valence-electron chi connectivity index (χ3n) is 3.13. The quantitative estimate of drug-likeness (QED) is 0.572. The highest BCUT2D eigenvalue weighted by Gasteiger charge is 2.37. The van der Waals surface area contributed by atoms with Crippen LogP contribution in [-0.4, -0.2) is 24.5 Å². The van der Waals surface area contributed by atoms with E-state index < -0.39 is 0 Å². The van der Waals surface area contributed by atoms with Crippen molar-refractivity contribution in [2.24, 2.45) is 11.8 Å². The van der Waals surface area contributed by atoms with Crippen LogP contribution in [0.15, 0.2) is 0 Å². The molecule has 0 unspecified atom stereocenters. The molecule has 2 fully saturated rings. The van der Waals surface area contributed by atoms with E-state index in [9.17, 15) is 0 Å². The molecule has 2 rings (SSSR count). The van der Waals surface area contributed by atoms with Crippen LogP contribution in [0, 0.1) is 23.2 Å². The molecule has 1 saturated heterocycles. The predicted molar refractivity (Wildman–Crippen MR) is 54.2 cm³/mol. The molecule has 1 aliphatic carbocycles. The molecule has 13 heavy (non-hydrogen) atoms. The summed E-state index contributed by atoms with van der Waals surface area (Å²) in [5.41, 5.74) is 0. The summed E-state index contributed by atoms with van der Waals surface area (Å²) in [6.45, 7) is 5.23. The molecule has 3 atom stereocenters. The summed E-state index contributed by atoms with van der Waals surface area (Å²) in [6, 6.07) is 3.12. The van der Waals surface area contributed by atoms with Gasteiger partial charge in [-0.15, -0.1) is 0 Å². The molecule has 1 aliphatic heterocycles. The number of nitriles is 1. The number of fused-ring (bicyclic) bond motifs is 2. The zero-order chi connectivity index (χ0) is 9.84. The van der Waals surface area contributed by atoms with Crippen LogP contribution < -0.4 is 0 Å². The van der Waals surface area contributed by atoms with Gasteiger partial charge in [-0.05, 0) is 32.2 Å². The Morgan fingerprint density at radius 2 is 1.92 bits per heavy atom. The predicted octanol–water partition coefficient (Wildman–Crippen LogP) is 2.27. The Morgan fingerprint density at radius 1 is 1.23 bits per heavy atom. The van der Waals surface area contributed by atoms with Crippen LogP contribution in [0.5, 0.6) is 0 Å². The van der Waals surface area contributed by atoms with E-state index in [1.165, 1.54) is 13.0 Å². The van der Waals surface area contributed by atoms with Gasteiger partial charge in [-0.3, -0.25) is 0 Å². The maximum Gasteiger partial charge on any atom is 0.0656 e. The molecule has 0 amide bonds. The van der Waals surface area contributed by atoms with Crippen molar-refractivity contribution in [3.05, 3.63) is 0 Å². The fraction of sp³-hybridized carbons (Fsp3) is 0.909. The summed E-state index contributed by atoms with van der Waals surface area (Å²) in [4.78, 5) is 2.42. The van der Waals surface area contributed by atoms with Gasteiger partial charge >= 0.3 is 0 Å². The van der Waals surface area contributed by atoms with Crippen LogP contribution in [-0.2, 0) is 0 Å². The first-order chi connectivity index (χ1) is 6.29. The van der Waals surface area contributed by atoms with Crippen LogP contribution in [0.3, 0.4) is 0 Å². The van der Waals surface area contributed by atoms with Crippen molar-refractivity contribution in [1.29, 1.82) is 5.26 Å². The first kappa shape index (κ1) is 10.5. The summed E-state index contributed by atoms with van der Waals surface area (Å²) in [5.74, 6) is 1.17. The highest BCUT2D eigenvalue weighted by Crippen LogP contribution is 2.37. The van der Waals surface area contributed by atoms with Crippen LogP contribution in [0.4, 0.5) is 0 Å². The summed E-state index contributed by atoms with van der Waals surface area (Å²) in [5, 5.41) is 8.77. The maximum atomic E-state index is 8.77. The van der Waals surface area contributed by atoms with Crippen LogP contribution >= 0.6 is 0 Å². The van der Waals surface area contributed by atoms with Gasteiger partial charge in [0.1, 0.15) is 0 Å². The van der Waals surface area contributed by atoms with E-state index >= 15 is 0 Å². The molecule has 2 bridgehead atoms. The second-order valence-electron chi connectivity index (χ2n) is 3.99. The second kappa shape index (κ2) is 4.62. The average Bonchev–Trinajstić information content (AvgIpc) is 2.44. The summed E-state index contributed by atoms with van der Waals surface area (Å²) in [6.07, 6.45) is 3.61.